The van der Waals surface area contributed by atoms with Gasteiger partial charge in [-0.15, -0.1) is 0 Å². The minimum atomic E-state index is -0.387. The number of hydrogen-bond acceptors (Lipinski definition) is 3. The summed E-state index contributed by atoms with van der Waals surface area (Å²) in [5.74, 6) is 0.566. The standard InChI is InChI=1S/C20H18FN3O/c1-14-20(15-6-3-2-4-7-15)22-19-10-11-23(13-24(14)19)18-9-5-8-17(21)16(18)12-25/h2-11,25H,12-13H2,1H3/p+1. The summed E-state index contributed by atoms with van der Waals surface area (Å²) in [4.78, 5) is 7.86. The number of amidine groups is 1. The van der Waals surface area contributed by atoms with Gasteiger partial charge in [0.15, 0.2) is 6.67 Å². The van der Waals surface area contributed by atoms with Gasteiger partial charge in [-0.3, -0.25) is 4.90 Å². The van der Waals surface area contributed by atoms with Crippen LogP contribution in [0, 0.1) is 5.82 Å². The Kier molecular flexibility index (Phi) is 3.95. The van der Waals surface area contributed by atoms with Crippen LogP contribution < -0.4 is 9.80 Å². The average Bonchev–Trinajstić information content (AvgIpc) is 2.98. The van der Waals surface area contributed by atoms with Crippen LogP contribution in [0.2, 0.25) is 0 Å². The highest BCUT2D eigenvalue weighted by atomic mass is 19.1. The molecule has 0 radical (unpaired) electrons. The molecular weight excluding hydrogens is 317 g/mol. The molecule has 2 aliphatic heterocycles. The van der Waals surface area contributed by atoms with Gasteiger partial charge < -0.3 is 5.11 Å². The monoisotopic (exact) mass is 336 g/mol. The zero-order valence-corrected chi connectivity index (χ0v) is 13.9. The number of fused-ring (bicyclic) bond motifs is 1. The summed E-state index contributed by atoms with van der Waals surface area (Å²) >= 11 is 0. The summed E-state index contributed by atoms with van der Waals surface area (Å²) in [5.41, 5.74) is 4.22. The highest BCUT2D eigenvalue weighted by Gasteiger charge is 2.33. The van der Waals surface area contributed by atoms with Crippen LogP contribution in [0.4, 0.5) is 10.1 Å². The number of rotatable bonds is 3. The molecule has 0 aromatic heterocycles. The van der Waals surface area contributed by atoms with Gasteiger partial charge in [-0.05, 0) is 12.1 Å². The maximum Gasteiger partial charge on any atom is 0.234 e. The van der Waals surface area contributed by atoms with E-state index >= 15 is 0 Å². The Balaban J connectivity index is 1.69. The molecule has 0 saturated carbocycles. The minimum Gasteiger partial charge on any atom is -0.391 e. The average molecular weight is 336 g/mol. The first-order valence-electron chi connectivity index (χ1n) is 8.23. The van der Waals surface area contributed by atoms with Crippen LogP contribution in [-0.4, -0.2) is 17.6 Å². The van der Waals surface area contributed by atoms with Crippen molar-refractivity contribution in [3.05, 3.63) is 83.4 Å². The van der Waals surface area contributed by atoms with Gasteiger partial charge in [0, 0.05) is 30.3 Å². The molecule has 0 spiro atoms. The Hall–Kier alpha value is -2.76. The van der Waals surface area contributed by atoms with E-state index in [1.54, 1.807) is 6.07 Å². The van der Waals surface area contributed by atoms with Crippen LogP contribution in [-0.2, 0) is 6.61 Å². The molecule has 2 aromatic rings. The summed E-state index contributed by atoms with van der Waals surface area (Å²) in [5, 5.41) is 9.53. The number of hydrogen-bond donors (Lipinski definition) is 2. The molecule has 1 atom stereocenters. The number of halogens is 1. The summed E-state index contributed by atoms with van der Waals surface area (Å²) in [6.07, 6.45) is 3.85. The third kappa shape index (κ3) is 2.67. The van der Waals surface area contributed by atoms with Gasteiger partial charge in [-0.25, -0.2) is 9.29 Å². The number of nitrogens with one attached hydrogen (secondary N) is 1. The highest BCUT2D eigenvalue weighted by Crippen LogP contribution is 2.26. The lowest BCUT2D eigenvalue weighted by Crippen LogP contribution is -3.13. The summed E-state index contributed by atoms with van der Waals surface area (Å²) in [6, 6.07) is 15.0. The van der Waals surface area contributed by atoms with Crippen LogP contribution in [0.25, 0.3) is 5.70 Å². The smallest absolute Gasteiger partial charge is 0.234 e. The van der Waals surface area contributed by atoms with Crippen molar-refractivity contribution in [2.75, 3.05) is 11.6 Å². The van der Waals surface area contributed by atoms with Gasteiger partial charge in [-0.1, -0.05) is 36.4 Å². The quantitative estimate of drug-likeness (QED) is 0.903. The molecule has 0 aliphatic carbocycles. The van der Waals surface area contributed by atoms with Crippen LogP contribution in [0.15, 0.2) is 71.5 Å². The fraction of sp³-hybridized carbons (Fsp3) is 0.150. The van der Waals surface area contributed by atoms with E-state index in [2.05, 4.69) is 19.1 Å². The molecule has 0 bridgehead atoms. The van der Waals surface area contributed by atoms with Gasteiger partial charge in [0.1, 0.15) is 17.2 Å². The van der Waals surface area contributed by atoms with Crippen molar-refractivity contribution >= 4 is 17.2 Å². The van der Waals surface area contributed by atoms with Crippen molar-refractivity contribution in [1.29, 1.82) is 0 Å². The van der Waals surface area contributed by atoms with E-state index in [4.69, 9.17) is 4.99 Å². The van der Waals surface area contributed by atoms with E-state index in [9.17, 15) is 9.50 Å². The van der Waals surface area contributed by atoms with Crippen molar-refractivity contribution in [2.45, 2.75) is 13.5 Å². The predicted octanol–water partition coefficient (Wildman–Crippen LogP) is 2.29. The summed E-state index contributed by atoms with van der Waals surface area (Å²) in [7, 11) is 0. The maximum atomic E-state index is 14.0. The van der Waals surface area contributed by atoms with Crippen molar-refractivity contribution < 1.29 is 14.4 Å². The molecule has 2 heterocycles. The van der Waals surface area contributed by atoms with E-state index in [0.29, 0.717) is 17.9 Å². The molecule has 0 saturated heterocycles. The second kappa shape index (κ2) is 6.27. The third-order valence-electron chi connectivity index (χ3n) is 4.70. The Morgan fingerprint density at radius 3 is 2.72 bits per heavy atom. The molecule has 2 aliphatic rings. The van der Waals surface area contributed by atoms with Gasteiger partial charge in [0.2, 0.25) is 5.84 Å². The predicted molar refractivity (Wildman–Crippen MR) is 96.2 cm³/mol. The lowest BCUT2D eigenvalue weighted by molar-refractivity contribution is -0.757. The second-order valence-electron chi connectivity index (χ2n) is 6.15. The van der Waals surface area contributed by atoms with Crippen molar-refractivity contribution in [3.63, 3.8) is 0 Å². The fourth-order valence-corrected chi connectivity index (χ4v) is 3.34. The number of quaternary nitrogens is 1. The number of allylic oxidation sites excluding steroid dienone is 1. The molecule has 4 nitrogen and oxygen atoms in total. The first-order valence-corrected chi connectivity index (χ1v) is 8.23. The van der Waals surface area contributed by atoms with Crippen LogP contribution in [0.3, 0.4) is 0 Å². The number of aliphatic hydroxyl groups is 1. The van der Waals surface area contributed by atoms with Crippen molar-refractivity contribution in [1.82, 2.24) is 0 Å². The first-order chi connectivity index (χ1) is 12.2. The van der Waals surface area contributed by atoms with E-state index in [1.165, 1.54) is 6.07 Å². The number of anilines is 1. The SMILES string of the molecule is CC1=C(c2ccccc2)N=C2C=CN(c3cccc(F)c3CO)C[NH+]21. The lowest BCUT2D eigenvalue weighted by atomic mass is 10.1. The molecule has 126 valence electrons. The molecular formula is C20H19FN3O+. The Morgan fingerprint density at radius 1 is 1.16 bits per heavy atom. The Bertz CT molecular complexity index is 902. The van der Waals surface area contributed by atoms with E-state index in [1.807, 2.05) is 41.4 Å². The summed E-state index contributed by atoms with van der Waals surface area (Å²) in [6.45, 7) is 2.35. The van der Waals surface area contributed by atoms with Gasteiger partial charge in [-0.2, -0.15) is 4.99 Å². The molecule has 0 fully saturated rings. The number of benzene rings is 2. The van der Waals surface area contributed by atoms with E-state index < -0.39 is 0 Å². The van der Waals surface area contributed by atoms with Crippen LogP contribution in [0.5, 0.6) is 0 Å². The molecule has 2 N–H and O–H groups in total. The van der Waals surface area contributed by atoms with E-state index in [0.717, 1.165) is 27.7 Å². The van der Waals surface area contributed by atoms with Gasteiger partial charge in [0.25, 0.3) is 0 Å². The zero-order chi connectivity index (χ0) is 17.4. The molecule has 2 aromatic carbocycles. The van der Waals surface area contributed by atoms with Crippen molar-refractivity contribution in [3.8, 4) is 0 Å². The lowest BCUT2D eigenvalue weighted by Gasteiger charge is -2.29. The van der Waals surface area contributed by atoms with Gasteiger partial charge in [0.05, 0.1) is 12.3 Å². The van der Waals surface area contributed by atoms with Crippen LogP contribution >= 0.6 is 0 Å². The summed E-state index contributed by atoms with van der Waals surface area (Å²) < 4.78 is 14.0. The second-order valence-corrected chi connectivity index (χ2v) is 6.15. The number of aliphatic imine (C=N–C) groups is 1. The maximum absolute atomic E-state index is 14.0. The van der Waals surface area contributed by atoms with Gasteiger partial charge >= 0.3 is 0 Å². The largest absolute Gasteiger partial charge is 0.391 e. The van der Waals surface area contributed by atoms with Crippen LogP contribution in [0.1, 0.15) is 18.1 Å². The Labute approximate surface area is 145 Å². The fourth-order valence-electron chi connectivity index (χ4n) is 3.34. The number of aliphatic hydroxyl groups excluding tert-OH is 1. The highest BCUT2D eigenvalue weighted by molar-refractivity contribution is 5.95. The molecule has 5 heteroatoms. The topological polar surface area (TPSA) is 40.3 Å². The normalized spacial score (nSPS) is 19.2. The van der Waals surface area contributed by atoms with Crippen molar-refractivity contribution in [2.24, 2.45) is 4.99 Å². The number of nitrogens with zero attached hydrogens (tertiary/aromatic N) is 2. The molecule has 4 rings (SSSR count). The zero-order valence-electron chi connectivity index (χ0n) is 13.9. The van der Waals surface area contributed by atoms with E-state index in [-0.39, 0.29) is 12.4 Å². The third-order valence-corrected chi connectivity index (χ3v) is 4.70. The molecule has 1 unspecified atom stereocenters. The minimum absolute atomic E-state index is 0.316. The molecule has 25 heavy (non-hydrogen) atoms. The first kappa shape index (κ1) is 15.7. The Morgan fingerprint density at radius 2 is 1.96 bits per heavy atom. The molecule has 0 amide bonds.